The molecule has 0 aliphatic carbocycles. The van der Waals surface area contributed by atoms with Crippen LogP contribution in [0, 0.1) is 23.0 Å². The molecule has 0 atom stereocenters. The van der Waals surface area contributed by atoms with E-state index >= 15 is 0 Å². The molecule has 4 nitrogen and oxygen atoms in total. The van der Waals surface area contributed by atoms with E-state index in [1.807, 2.05) is 6.92 Å². The summed E-state index contributed by atoms with van der Waals surface area (Å²) in [7, 11) is 1.80. The van der Waals surface area contributed by atoms with Gasteiger partial charge in [0.2, 0.25) is 0 Å². The van der Waals surface area contributed by atoms with Gasteiger partial charge in [-0.25, -0.2) is 13.8 Å². The van der Waals surface area contributed by atoms with E-state index in [2.05, 4.69) is 27.0 Å². The first-order valence-corrected chi connectivity index (χ1v) is 10.3. The molecular weight excluding hydrogens is 460 g/mol. The molecule has 0 fully saturated rings. The second-order valence-corrected chi connectivity index (χ2v) is 8.24. The summed E-state index contributed by atoms with van der Waals surface area (Å²) < 4.78 is 34.0. The molecule has 2 aromatic heterocycles. The molecule has 0 aliphatic heterocycles. The van der Waals surface area contributed by atoms with Gasteiger partial charge in [0.25, 0.3) is 0 Å². The minimum Gasteiger partial charge on any atom is -0.456 e. The summed E-state index contributed by atoms with van der Waals surface area (Å²) in [6, 6.07) is 11.2. The third-order valence-corrected chi connectivity index (χ3v) is 6.03. The quantitative estimate of drug-likeness (QED) is 0.327. The number of furan rings is 1. The number of nitriles is 1. The lowest BCUT2D eigenvalue weighted by molar-refractivity contribution is 0.525. The zero-order valence-corrected chi connectivity index (χ0v) is 17.9. The van der Waals surface area contributed by atoms with Crippen LogP contribution in [0.25, 0.3) is 22.2 Å². The van der Waals surface area contributed by atoms with Gasteiger partial charge in [-0.15, -0.1) is 0 Å². The summed E-state index contributed by atoms with van der Waals surface area (Å²) in [5, 5.41) is 10.7. The van der Waals surface area contributed by atoms with Crippen molar-refractivity contribution in [2.75, 3.05) is 11.9 Å². The lowest BCUT2D eigenvalue weighted by atomic mass is 10.1. The Kier molecular flexibility index (Phi) is 5.11. The lowest BCUT2D eigenvalue weighted by Gasteiger charge is -2.16. The van der Waals surface area contributed by atoms with Crippen LogP contribution in [0.3, 0.4) is 0 Å². The Morgan fingerprint density at radius 2 is 1.97 bits per heavy atom. The van der Waals surface area contributed by atoms with Crippen LogP contribution < -0.4 is 4.90 Å². The van der Waals surface area contributed by atoms with E-state index in [4.69, 9.17) is 4.42 Å². The van der Waals surface area contributed by atoms with Crippen molar-refractivity contribution in [1.82, 2.24) is 4.98 Å². The second-order valence-electron chi connectivity index (χ2n) is 6.34. The standard InChI is InChI=1S/C21H14BrF2N3OS/c1-3-16-19(14-8-12(22)9-15(24)20(14)28-16)27(2)21-26-18(17(10-25)29-21)11-4-6-13(23)7-5-11/h4-9H,3H2,1-2H3. The molecule has 0 amide bonds. The van der Waals surface area contributed by atoms with E-state index in [1.54, 1.807) is 30.1 Å². The fourth-order valence-electron chi connectivity index (χ4n) is 3.20. The van der Waals surface area contributed by atoms with Gasteiger partial charge in [-0.05, 0) is 36.4 Å². The van der Waals surface area contributed by atoms with E-state index in [1.165, 1.54) is 29.5 Å². The predicted octanol–water partition coefficient (Wildman–Crippen LogP) is 6.80. The van der Waals surface area contributed by atoms with E-state index in [-0.39, 0.29) is 11.4 Å². The zero-order chi connectivity index (χ0) is 20.7. The summed E-state index contributed by atoms with van der Waals surface area (Å²) in [6.45, 7) is 1.93. The van der Waals surface area contributed by atoms with E-state index < -0.39 is 5.82 Å². The topological polar surface area (TPSA) is 53.1 Å². The Labute approximate surface area is 178 Å². The average molecular weight is 474 g/mol. The molecule has 0 spiro atoms. The minimum atomic E-state index is -0.451. The number of anilines is 2. The van der Waals surface area contributed by atoms with E-state index in [0.29, 0.717) is 49.0 Å². The third-order valence-electron chi connectivity index (χ3n) is 4.53. The summed E-state index contributed by atoms with van der Waals surface area (Å²) in [5.74, 6) is -0.186. The van der Waals surface area contributed by atoms with Crippen LogP contribution in [0.5, 0.6) is 0 Å². The van der Waals surface area contributed by atoms with Crippen molar-refractivity contribution in [2.24, 2.45) is 0 Å². The zero-order valence-electron chi connectivity index (χ0n) is 15.5. The van der Waals surface area contributed by atoms with Gasteiger partial charge in [0, 0.05) is 28.9 Å². The molecule has 0 N–H and O–H groups in total. The van der Waals surface area contributed by atoms with Gasteiger partial charge in [0.15, 0.2) is 16.5 Å². The van der Waals surface area contributed by atoms with Crippen molar-refractivity contribution >= 4 is 49.1 Å². The first-order valence-electron chi connectivity index (χ1n) is 8.74. The Bertz CT molecular complexity index is 1260. The number of thiazole rings is 1. The normalized spacial score (nSPS) is 11.0. The molecule has 0 saturated carbocycles. The van der Waals surface area contributed by atoms with Gasteiger partial charge in [0.1, 0.15) is 28.2 Å². The molecule has 2 aromatic carbocycles. The number of nitrogens with zero attached hydrogens (tertiary/aromatic N) is 3. The maximum absolute atomic E-state index is 14.4. The summed E-state index contributed by atoms with van der Waals surface area (Å²) >= 11 is 4.54. The first-order chi connectivity index (χ1) is 13.9. The van der Waals surface area contributed by atoms with Crippen molar-refractivity contribution in [2.45, 2.75) is 13.3 Å². The molecule has 2 heterocycles. The monoisotopic (exact) mass is 473 g/mol. The Balaban J connectivity index is 1.87. The smallest absolute Gasteiger partial charge is 0.191 e. The van der Waals surface area contributed by atoms with E-state index in [0.717, 1.165) is 0 Å². The Morgan fingerprint density at radius 1 is 1.24 bits per heavy atom. The number of hydrogen-bond donors (Lipinski definition) is 0. The molecule has 146 valence electrons. The molecule has 4 aromatic rings. The molecule has 0 radical (unpaired) electrons. The Hall–Kier alpha value is -2.76. The second kappa shape index (κ2) is 7.58. The third kappa shape index (κ3) is 3.41. The van der Waals surface area contributed by atoms with Gasteiger partial charge in [-0.1, -0.05) is 34.2 Å². The highest BCUT2D eigenvalue weighted by atomic mass is 79.9. The number of aryl methyl sites for hydroxylation is 1. The highest BCUT2D eigenvalue weighted by molar-refractivity contribution is 9.10. The van der Waals surface area contributed by atoms with Crippen molar-refractivity contribution in [3.8, 4) is 17.3 Å². The van der Waals surface area contributed by atoms with Crippen molar-refractivity contribution in [1.29, 1.82) is 5.26 Å². The fourth-order valence-corrected chi connectivity index (χ4v) is 4.48. The SMILES string of the molecule is CCc1oc2c(F)cc(Br)cc2c1N(C)c1nc(-c2ccc(F)cc2)c(C#N)s1. The number of rotatable bonds is 4. The molecule has 0 unspecified atom stereocenters. The summed E-state index contributed by atoms with van der Waals surface area (Å²) in [4.78, 5) is 6.83. The predicted molar refractivity (Wildman–Crippen MR) is 114 cm³/mol. The van der Waals surface area contributed by atoms with Gasteiger partial charge in [0.05, 0.1) is 5.69 Å². The molecule has 4 rings (SSSR count). The number of fused-ring (bicyclic) bond motifs is 1. The van der Waals surface area contributed by atoms with Gasteiger partial charge >= 0.3 is 0 Å². The van der Waals surface area contributed by atoms with Crippen molar-refractivity contribution < 1.29 is 13.2 Å². The minimum absolute atomic E-state index is 0.183. The van der Waals surface area contributed by atoms with Crippen molar-refractivity contribution in [3.05, 3.63) is 63.1 Å². The number of benzene rings is 2. The Morgan fingerprint density at radius 3 is 2.62 bits per heavy atom. The van der Waals surface area contributed by atoms with Crippen LogP contribution in [0.4, 0.5) is 19.6 Å². The number of hydrogen-bond acceptors (Lipinski definition) is 5. The highest BCUT2D eigenvalue weighted by Crippen LogP contribution is 2.42. The molecule has 0 bridgehead atoms. The van der Waals surface area contributed by atoms with Crippen LogP contribution in [0.15, 0.2) is 45.3 Å². The average Bonchev–Trinajstić information content (AvgIpc) is 3.29. The maximum Gasteiger partial charge on any atom is 0.191 e. The van der Waals surface area contributed by atoms with Gasteiger partial charge in [-0.3, -0.25) is 0 Å². The molecule has 29 heavy (non-hydrogen) atoms. The van der Waals surface area contributed by atoms with Crippen LogP contribution in [0.2, 0.25) is 0 Å². The first kappa shape index (κ1) is 19.6. The summed E-state index contributed by atoms with van der Waals surface area (Å²) in [5.41, 5.74) is 2.02. The number of halogens is 3. The lowest BCUT2D eigenvalue weighted by Crippen LogP contribution is -2.10. The van der Waals surface area contributed by atoms with Crippen LogP contribution in [-0.2, 0) is 6.42 Å². The van der Waals surface area contributed by atoms with Crippen LogP contribution in [-0.4, -0.2) is 12.0 Å². The fraction of sp³-hybridized carbons (Fsp3) is 0.143. The van der Waals surface area contributed by atoms with Crippen LogP contribution >= 0.6 is 27.3 Å². The van der Waals surface area contributed by atoms with Gasteiger partial charge in [-0.2, -0.15) is 5.26 Å². The van der Waals surface area contributed by atoms with E-state index in [9.17, 15) is 14.0 Å². The maximum atomic E-state index is 14.4. The molecular formula is C21H14BrF2N3OS. The summed E-state index contributed by atoms with van der Waals surface area (Å²) in [6.07, 6.45) is 0.562. The molecule has 8 heteroatoms. The van der Waals surface area contributed by atoms with Crippen LogP contribution in [0.1, 0.15) is 17.6 Å². The largest absolute Gasteiger partial charge is 0.456 e. The molecule has 0 aliphatic rings. The highest BCUT2D eigenvalue weighted by Gasteiger charge is 2.24. The van der Waals surface area contributed by atoms with Crippen molar-refractivity contribution in [3.63, 3.8) is 0 Å². The number of aromatic nitrogens is 1. The molecule has 0 saturated heterocycles. The van der Waals surface area contributed by atoms with Gasteiger partial charge < -0.3 is 9.32 Å².